The van der Waals surface area contributed by atoms with E-state index in [0.717, 1.165) is 12.1 Å². The molecule has 1 saturated carbocycles. The molecule has 0 bridgehead atoms. The summed E-state index contributed by atoms with van der Waals surface area (Å²) in [6, 6.07) is 6.37. The van der Waals surface area contributed by atoms with Gasteiger partial charge in [-0.25, -0.2) is 0 Å². The minimum Gasteiger partial charge on any atom is -0.330 e. The van der Waals surface area contributed by atoms with Gasteiger partial charge in [-0.3, -0.25) is 4.68 Å². The molecule has 0 aliphatic heterocycles. The van der Waals surface area contributed by atoms with Crippen LogP contribution < -0.4 is 5.73 Å². The number of nitrogens with two attached hydrogens (primary N) is 1. The summed E-state index contributed by atoms with van der Waals surface area (Å²) in [5.74, 6) is 1.36. The molecule has 2 aromatic rings. The van der Waals surface area contributed by atoms with Crippen molar-refractivity contribution in [3.8, 4) is 0 Å². The van der Waals surface area contributed by atoms with Gasteiger partial charge in [-0.1, -0.05) is 12.1 Å². The molecule has 78 valence electrons. The monoisotopic (exact) mass is 201 g/mol. The van der Waals surface area contributed by atoms with Crippen LogP contribution in [-0.2, 0) is 7.05 Å². The lowest BCUT2D eigenvalue weighted by molar-refractivity contribution is 0.779. The third-order valence-electron chi connectivity index (χ3n) is 3.32. The Morgan fingerprint density at radius 3 is 3.13 bits per heavy atom. The molecule has 1 fully saturated rings. The van der Waals surface area contributed by atoms with Gasteiger partial charge in [0.15, 0.2) is 0 Å². The maximum atomic E-state index is 5.69. The van der Waals surface area contributed by atoms with E-state index in [1.54, 1.807) is 0 Å². The average molecular weight is 201 g/mol. The summed E-state index contributed by atoms with van der Waals surface area (Å²) in [4.78, 5) is 0. The molecule has 15 heavy (non-hydrogen) atoms. The minimum atomic E-state index is 0.669. The molecular formula is C12H15N3. The number of nitrogens with zero attached hydrogens (tertiary/aromatic N) is 2. The molecule has 3 rings (SSSR count). The summed E-state index contributed by atoms with van der Waals surface area (Å²) in [7, 11) is 1.97. The lowest BCUT2D eigenvalue weighted by atomic mass is 10.0. The van der Waals surface area contributed by atoms with E-state index in [-0.39, 0.29) is 0 Å². The van der Waals surface area contributed by atoms with E-state index in [0.29, 0.717) is 11.8 Å². The van der Waals surface area contributed by atoms with Crippen molar-refractivity contribution in [3.63, 3.8) is 0 Å². The standard InChI is InChI=1S/C12H15N3/c1-15-7-11-9(10-5-8(10)6-13)3-2-4-12(11)14-15/h2-4,7-8,10H,5-6,13H2,1H3/t8-,10-/m0/s1. The smallest absolute Gasteiger partial charge is 0.0926 e. The van der Waals surface area contributed by atoms with Crippen LogP contribution in [-0.4, -0.2) is 16.3 Å². The van der Waals surface area contributed by atoms with E-state index in [2.05, 4.69) is 29.5 Å². The molecule has 1 heterocycles. The Kier molecular flexibility index (Phi) is 1.83. The summed E-state index contributed by atoms with van der Waals surface area (Å²) < 4.78 is 1.88. The van der Waals surface area contributed by atoms with Crippen molar-refractivity contribution in [3.05, 3.63) is 30.0 Å². The summed E-state index contributed by atoms with van der Waals surface area (Å²) in [5, 5.41) is 5.71. The Hall–Kier alpha value is -1.35. The highest BCUT2D eigenvalue weighted by atomic mass is 15.2. The highest BCUT2D eigenvalue weighted by Crippen LogP contribution is 2.48. The number of hydrogen-bond acceptors (Lipinski definition) is 2. The predicted molar refractivity (Wildman–Crippen MR) is 60.6 cm³/mol. The summed E-state index contributed by atoms with van der Waals surface area (Å²) in [6.45, 7) is 0.807. The van der Waals surface area contributed by atoms with E-state index >= 15 is 0 Å². The van der Waals surface area contributed by atoms with Gasteiger partial charge < -0.3 is 5.73 Å². The largest absolute Gasteiger partial charge is 0.330 e. The average Bonchev–Trinajstić information content (AvgIpc) is 2.91. The first kappa shape index (κ1) is 8.92. The zero-order chi connectivity index (χ0) is 10.4. The van der Waals surface area contributed by atoms with E-state index in [9.17, 15) is 0 Å². The minimum absolute atomic E-state index is 0.669. The fourth-order valence-corrected chi connectivity index (χ4v) is 2.40. The number of fused-ring (bicyclic) bond motifs is 1. The van der Waals surface area contributed by atoms with Gasteiger partial charge >= 0.3 is 0 Å². The lowest BCUT2D eigenvalue weighted by Gasteiger charge is -2.00. The van der Waals surface area contributed by atoms with Gasteiger partial charge in [0.2, 0.25) is 0 Å². The summed E-state index contributed by atoms with van der Waals surface area (Å²) in [5.41, 5.74) is 8.21. The molecule has 0 amide bonds. The third-order valence-corrected chi connectivity index (χ3v) is 3.32. The molecule has 3 heteroatoms. The first-order chi connectivity index (χ1) is 7.29. The molecule has 1 aliphatic rings. The van der Waals surface area contributed by atoms with Crippen LogP contribution in [0.25, 0.3) is 10.9 Å². The second-order valence-corrected chi connectivity index (χ2v) is 4.42. The number of hydrogen-bond donors (Lipinski definition) is 1. The summed E-state index contributed by atoms with van der Waals surface area (Å²) in [6.07, 6.45) is 3.35. The van der Waals surface area contributed by atoms with Gasteiger partial charge in [0.25, 0.3) is 0 Å². The van der Waals surface area contributed by atoms with Gasteiger partial charge in [0.1, 0.15) is 0 Å². The highest BCUT2D eigenvalue weighted by molar-refractivity contribution is 5.82. The third kappa shape index (κ3) is 1.35. The van der Waals surface area contributed by atoms with Crippen LogP contribution in [0.15, 0.2) is 24.4 Å². The van der Waals surface area contributed by atoms with Crippen molar-refractivity contribution in [1.29, 1.82) is 0 Å². The van der Waals surface area contributed by atoms with Crippen LogP contribution in [0.2, 0.25) is 0 Å². The lowest BCUT2D eigenvalue weighted by Crippen LogP contribution is -2.01. The Labute approximate surface area is 88.9 Å². The molecule has 1 aromatic carbocycles. The van der Waals surface area contributed by atoms with Crippen LogP contribution in [0.3, 0.4) is 0 Å². The fraction of sp³-hybridized carbons (Fsp3) is 0.417. The van der Waals surface area contributed by atoms with Gasteiger partial charge in [0, 0.05) is 18.6 Å². The van der Waals surface area contributed by atoms with E-state index < -0.39 is 0 Å². The van der Waals surface area contributed by atoms with Gasteiger partial charge in [-0.05, 0) is 36.4 Å². The summed E-state index contributed by atoms with van der Waals surface area (Å²) >= 11 is 0. The van der Waals surface area contributed by atoms with Crippen molar-refractivity contribution < 1.29 is 0 Å². The predicted octanol–water partition coefficient (Wildman–Crippen LogP) is 1.64. The first-order valence-electron chi connectivity index (χ1n) is 5.42. The second-order valence-electron chi connectivity index (χ2n) is 4.42. The molecule has 1 aliphatic carbocycles. The number of benzene rings is 1. The van der Waals surface area contributed by atoms with Crippen LogP contribution in [0.1, 0.15) is 17.9 Å². The molecule has 3 nitrogen and oxygen atoms in total. The van der Waals surface area contributed by atoms with Crippen molar-refractivity contribution in [2.75, 3.05) is 6.54 Å². The molecule has 0 unspecified atom stereocenters. The van der Waals surface area contributed by atoms with Crippen molar-refractivity contribution in [2.24, 2.45) is 18.7 Å². The fourth-order valence-electron chi connectivity index (χ4n) is 2.40. The van der Waals surface area contributed by atoms with Crippen LogP contribution >= 0.6 is 0 Å². The van der Waals surface area contributed by atoms with Crippen LogP contribution in [0.4, 0.5) is 0 Å². The topological polar surface area (TPSA) is 43.8 Å². The molecular weight excluding hydrogens is 186 g/mol. The van der Waals surface area contributed by atoms with Gasteiger partial charge in [-0.15, -0.1) is 0 Å². The van der Waals surface area contributed by atoms with Crippen LogP contribution in [0.5, 0.6) is 0 Å². The molecule has 0 spiro atoms. The van der Waals surface area contributed by atoms with Crippen molar-refractivity contribution in [1.82, 2.24) is 9.78 Å². The van der Waals surface area contributed by atoms with Gasteiger partial charge in [0.05, 0.1) is 5.52 Å². The van der Waals surface area contributed by atoms with E-state index in [4.69, 9.17) is 5.73 Å². The quantitative estimate of drug-likeness (QED) is 0.802. The Bertz CT molecular complexity index is 501. The number of rotatable bonds is 2. The maximum absolute atomic E-state index is 5.69. The Morgan fingerprint density at radius 2 is 2.40 bits per heavy atom. The molecule has 2 N–H and O–H groups in total. The Morgan fingerprint density at radius 1 is 1.53 bits per heavy atom. The van der Waals surface area contributed by atoms with Gasteiger partial charge in [-0.2, -0.15) is 5.10 Å². The molecule has 0 radical (unpaired) electrons. The first-order valence-corrected chi connectivity index (χ1v) is 5.42. The SMILES string of the molecule is Cn1cc2c([C@H]3C[C@H]3CN)cccc2n1. The molecule has 1 aromatic heterocycles. The molecule has 0 saturated heterocycles. The highest BCUT2D eigenvalue weighted by Gasteiger charge is 2.37. The van der Waals surface area contributed by atoms with Crippen LogP contribution in [0, 0.1) is 5.92 Å². The van der Waals surface area contributed by atoms with E-state index in [1.807, 2.05) is 11.7 Å². The molecule has 2 atom stereocenters. The second kappa shape index (κ2) is 3.07. The van der Waals surface area contributed by atoms with Crippen molar-refractivity contribution >= 4 is 10.9 Å². The number of aromatic nitrogens is 2. The van der Waals surface area contributed by atoms with E-state index in [1.165, 1.54) is 17.4 Å². The zero-order valence-electron chi connectivity index (χ0n) is 8.85. The maximum Gasteiger partial charge on any atom is 0.0926 e. The Balaban J connectivity index is 2.10. The number of aryl methyl sites for hydroxylation is 1. The normalized spacial score (nSPS) is 24.7. The van der Waals surface area contributed by atoms with Crippen molar-refractivity contribution in [2.45, 2.75) is 12.3 Å². The zero-order valence-corrected chi connectivity index (χ0v) is 8.85.